The van der Waals surface area contributed by atoms with Gasteiger partial charge in [0.2, 0.25) is 0 Å². The Hall–Kier alpha value is -1.59. The molecule has 0 radical (unpaired) electrons. The molecule has 102 valence electrons. The summed E-state index contributed by atoms with van der Waals surface area (Å²) in [6.07, 6.45) is 0. The predicted molar refractivity (Wildman–Crippen MR) is 72.2 cm³/mol. The molecular formula is C13H16ClN3O2. The zero-order chi connectivity index (χ0) is 13.7. The molecule has 0 atom stereocenters. The summed E-state index contributed by atoms with van der Waals surface area (Å²) in [6.45, 7) is 5.57. The van der Waals surface area contributed by atoms with E-state index in [4.69, 9.17) is 20.9 Å². The Kier molecular flexibility index (Phi) is 4.76. The normalized spacial score (nSPS) is 10.7. The lowest BCUT2D eigenvalue weighted by molar-refractivity contribution is 0.240. The van der Waals surface area contributed by atoms with Gasteiger partial charge in [-0.05, 0) is 25.6 Å². The molecule has 0 saturated carbocycles. The van der Waals surface area contributed by atoms with E-state index in [1.165, 1.54) is 0 Å². The van der Waals surface area contributed by atoms with Crippen molar-refractivity contribution in [1.29, 1.82) is 0 Å². The summed E-state index contributed by atoms with van der Waals surface area (Å²) < 4.78 is 10.7. The van der Waals surface area contributed by atoms with Crippen molar-refractivity contribution in [3.05, 3.63) is 40.5 Å². The molecule has 0 unspecified atom stereocenters. The molecule has 1 N–H and O–H groups in total. The first-order valence-electron chi connectivity index (χ1n) is 6.10. The van der Waals surface area contributed by atoms with Gasteiger partial charge in [0.15, 0.2) is 12.4 Å². The fourth-order valence-electron chi connectivity index (χ4n) is 1.63. The molecule has 2 rings (SSSR count). The Morgan fingerprint density at radius 3 is 2.95 bits per heavy atom. The van der Waals surface area contributed by atoms with Crippen LogP contribution in [-0.4, -0.2) is 16.7 Å². The van der Waals surface area contributed by atoms with Gasteiger partial charge in [0.1, 0.15) is 5.75 Å². The van der Waals surface area contributed by atoms with Gasteiger partial charge in [-0.25, -0.2) is 0 Å². The Bertz CT molecular complexity index is 542. The molecule has 1 aromatic carbocycles. The van der Waals surface area contributed by atoms with Gasteiger partial charge in [-0.1, -0.05) is 29.7 Å². The quantitative estimate of drug-likeness (QED) is 0.882. The van der Waals surface area contributed by atoms with Gasteiger partial charge in [0.25, 0.3) is 5.89 Å². The molecular weight excluding hydrogens is 266 g/mol. The van der Waals surface area contributed by atoms with Crippen LogP contribution in [0.2, 0.25) is 5.02 Å². The SMILES string of the molecule is CCNCc1c(Cl)cccc1OCc1nc(C)no1. The zero-order valence-corrected chi connectivity index (χ0v) is 11.7. The molecule has 0 bridgehead atoms. The monoisotopic (exact) mass is 281 g/mol. The van der Waals surface area contributed by atoms with Crippen molar-refractivity contribution in [2.45, 2.75) is 27.0 Å². The van der Waals surface area contributed by atoms with E-state index in [0.717, 1.165) is 17.9 Å². The topological polar surface area (TPSA) is 60.2 Å². The first kappa shape index (κ1) is 13.8. The third kappa shape index (κ3) is 3.68. The highest BCUT2D eigenvalue weighted by Gasteiger charge is 2.10. The van der Waals surface area contributed by atoms with E-state index < -0.39 is 0 Å². The number of aryl methyl sites for hydroxylation is 1. The van der Waals surface area contributed by atoms with Crippen LogP contribution in [0.5, 0.6) is 5.75 Å². The summed E-state index contributed by atoms with van der Waals surface area (Å²) in [5.41, 5.74) is 0.933. The lowest BCUT2D eigenvalue weighted by atomic mass is 10.2. The summed E-state index contributed by atoms with van der Waals surface area (Å²) in [7, 11) is 0. The van der Waals surface area contributed by atoms with Gasteiger partial charge < -0.3 is 14.6 Å². The van der Waals surface area contributed by atoms with Crippen LogP contribution in [-0.2, 0) is 13.2 Å². The lowest BCUT2D eigenvalue weighted by Gasteiger charge is -2.12. The summed E-state index contributed by atoms with van der Waals surface area (Å²) in [4.78, 5) is 4.09. The van der Waals surface area contributed by atoms with Crippen molar-refractivity contribution in [3.8, 4) is 5.75 Å². The minimum atomic E-state index is 0.236. The average molecular weight is 282 g/mol. The van der Waals surface area contributed by atoms with Gasteiger partial charge in [0, 0.05) is 17.1 Å². The Morgan fingerprint density at radius 2 is 2.26 bits per heavy atom. The second-order valence-corrected chi connectivity index (χ2v) is 4.43. The van der Waals surface area contributed by atoms with E-state index >= 15 is 0 Å². The van der Waals surface area contributed by atoms with Gasteiger partial charge in [-0.15, -0.1) is 0 Å². The minimum Gasteiger partial charge on any atom is -0.483 e. The first-order chi connectivity index (χ1) is 9.20. The molecule has 0 aliphatic heterocycles. The molecule has 0 aliphatic carbocycles. The maximum atomic E-state index is 6.18. The van der Waals surface area contributed by atoms with Gasteiger partial charge in [-0.2, -0.15) is 4.98 Å². The van der Waals surface area contributed by atoms with Crippen molar-refractivity contribution in [2.75, 3.05) is 6.54 Å². The van der Waals surface area contributed by atoms with Crippen molar-refractivity contribution in [2.24, 2.45) is 0 Å². The van der Waals surface area contributed by atoms with Crippen LogP contribution < -0.4 is 10.1 Å². The van der Waals surface area contributed by atoms with Crippen LogP contribution in [0.4, 0.5) is 0 Å². The molecule has 2 aromatic rings. The summed E-state index contributed by atoms with van der Waals surface area (Å²) in [6, 6.07) is 5.58. The summed E-state index contributed by atoms with van der Waals surface area (Å²) >= 11 is 6.18. The molecule has 0 fully saturated rings. The van der Waals surface area contributed by atoms with Crippen molar-refractivity contribution >= 4 is 11.6 Å². The second kappa shape index (κ2) is 6.54. The zero-order valence-electron chi connectivity index (χ0n) is 10.9. The summed E-state index contributed by atoms with van der Waals surface area (Å²) in [5, 5.41) is 7.63. The standard InChI is InChI=1S/C13H16ClN3O2/c1-3-15-7-10-11(14)5-4-6-12(10)18-8-13-16-9(2)17-19-13/h4-6,15H,3,7-8H2,1-2H3. The molecule has 1 heterocycles. The average Bonchev–Trinajstić information content (AvgIpc) is 2.81. The molecule has 19 heavy (non-hydrogen) atoms. The van der Waals surface area contributed by atoms with E-state index in [1.54, 1.807) is 6.92 Å². The summed E-state index contributed by atoms with van der Waals surface area (Å²) in [5.74, 6) is 1.77. The number of halogens is 1. The maximum absolute atomic E-state index is 6.18. The van der Waals surface area contributed by atoms with E-state index in [1.807, 2.05) is 25.1 Å². The van der Waals surface area contributed by atoms with Gasteiger partial charge in [0.05, 0.1) is 0 Å². The molecule has 6 heteroatoms. The van der Waals surface area contributed by atoms with E-state index in [9.17, 15) is 0 Å². The molecule has 1 aromatic heterocycles. The van der Waals surface area contributed by atoms with Crippen LogP contribution in [0.25, 0.3) is 0 Å². The van der Waals surface area contributed by atoms with Crippen LogP contribution in [0.3, 0.4) is 0 Å². The number of hydrogen-bond donors (Lipinski definition) is 1. The Labute approximate surface area is 116 Å². The largest absolute Gasteiger partial charge is 0.483 e. The first-order valence-corrected chi connectivity index (χ1v) is 6.48. The van der Waals surface area contributed by atoms with Crippen LogP contribution in [0.1, 0.15) is 24.2 Å². The predicted octanol–water partition coefficient (Wildman–Crippen LogP) is 2.72. The number of aromatic nitrogens is 2. The molecule has 0 amide bonds. The highest BCUT2D eigenvalue weighted by atomic mass is 35.5. The number of hydrogen-bond acceptors (Lipinski definition) is 5. The molecule has 0 aliphatic rings. The molecule has 5 nitrogen and oxygen atoms in total. The Balaban J connectivity index is 2.08. The minimum absolute atomic E-state index is 0.236. The fourth-order valence-corrected chi connectivity index (χ4v) is 1.87. The van der Waals surface area contributed by atoms with E-state index in [0.29, 0.717) is 23.3 Å². The highest BCUT2D eigenvalue weighted by molar-refractivity contribution is 6.31. The van der Waals surface area contributed by atoms with E-state index in [-0.39, 0.29) is 6.61 Å². The van der Waals surface area contributed by atoms with Crippen LogP contribution >= 0.6 is 11.6 Å². The lowest BCUT2D eigenvalue weighted by Crippen LogP contribution is -2.13. The second-order valence-electron chi connectivity index (χ2n) is 4.02. The number of nitrogens with zero attached hydrogens (tertiary/aromatic N) is 2. The fraction of sp³-hybridized carbons (Fsp3) is 0.385. The molecule has 0 saturated heterocycles. The van der Waals surface area contributed by atoms with Gasteiger partial charge in [-0.3, -0.25) is 0 Å². The number of benzene rings is 1. The maximum Gasteiger partial charge on any atom is 0.264 e. The number of rotatable bonds is 6. The smallest absolute Gasteiger partial charge is 0.264 e. The Morgan fingerprint density at radius 1 is 1.42 bits per heavy atom. The van der Waals surface area contributed by atoms with Gasteiger partial charge >= 0.3 is 0 Å². The van der Waals surface area contributed by atoms with Crippen LogP contribution in [0.15, 0.2) is 22.7 Å². The van der Waals surface area contributed by atoms with Crippen molar-refractivity contribution < 1.29 is 9.26 Å². The number of ether oxygens (including phenoxy) is 1. The van der Waals surface area contributed by atoms with Crippen molar-refractivity contribution in [1.82, 2.24) is 15.5 Å². The third-order valence-electron chi connectivity index (χ3n) is 2.55. The molecule has 0 spiro atoms. The van der Waals surface area contributed by atoms with E-state index in [2.05, 4.69) is 15.5 Å². The third-order valence-corrected chi connectivity index (χ3v) is 2.90. The van der Waals surface area contributed by atoms with Crippen molar-refractivity contribution in [3.63, 3.8) is 0 Å². The number of nitrogens with one attached hydrogen (secondary N) is 1. The highest BCUT2D eigenvalue weighted by Crippen LogP contribution is 2.26. The van der Waals surface area contributed by atoms with Crippen LogP contribution in [0, 0.1) is 6.92 Å².